The highest BCUT2D eigenvalue weighted by atomic mass is 32.2. The lowest BCUT2D eigenvalue weighted by Gasteiger charge is -2.17. The zero-order valence-corrected chi connectivity index (χ0v) is 19.6. The van der Waals surface area contributed by atoms with Crippen molar-refractivity contribution in [3.05, 3.63) is 36.8 Å². The summed E-state index contributed by atoms with van der Waals surface area (Å²) in [5.74, 6) is 4.82. The second kappa shape index (κ2) is 11.8. The van der Waals surface area contributed by atoms with Gasteiger partial charge in [0.15, 0.2) is 5.03 Å². The highest BCUT2D eigenvalue weighted by Gasteiger charge is 2.26. The second-order valence-electron chi connectivity index (χ2n) is 6.75. The van der Waals surface area contributed by atoms with Crippen LogP contribution in [0, 0.1) is 11.8 Å². The SMILES string of the molecule is CC#CCOc1ccc(S(=O)(=O)N[C@H](CCCNS(=O)(=O)c2cn(C)cn2)C(=O)NO)cc1. The number of carbonyl (C=O) groups excluding carboxylic acids is 1. The molecule has 2 rings (SSSR count). The number of rotatable bonds is 12. The van der Waals surface area contributed by atoms with Crippen molar-refractivity contribution in [2.24, 2.45) is 7.05 Å². The highest BCUT2D eigenvalue weighted by Crippen LogP contribution is 2.17. The lowest BCUT2D eigenvalue weighted by molar-refractivity contribution is -0.131. The first-order valence-corrected chi connectivity index (χ1v) is 12.6. The van der Waals surface area contributed by atoms with Crippen molar-refractivity contribution in [3.8, 4) is 17.6 Å². The summed E-state index contributed by atoms with van der Waals surface area (Å²) in [6.45, 7) is 1.74. The molecule has 0 bridgehead atoms. The number of imidazole rings is 1. The summed E-state index contributed by atoms with van der Waals surface area (Å²) in [5.41, 5.74) is 1.41. The van der Waals surface area contributed by atoms with E-state index in [0.717, 1.165) is 0 Å². The fraction of sp³-hybridized carbons (Fsp3) is 0.368. The van der Waals surface area contributed by atoms with E-state index in [-0.39, 0.29) is 35.9 Å². The van der Waals surface area contributed by atoms with Crippen molar-refractivity contribution in [1.82, 2.24) is 24.5 Å². The first-order chi connectivity index (χ1) is 15.6. The lowest BCUT2D eigenvalue weighted by Crippen LogP contribution is -2.46. The average Bonchev–Trinajstić information content (AvgIpc) is 3.23. The predicted octanol–water partition coefficient (Wildman–Crippen LogP) is -0.267. The summed E-state index contributed by atoms with van der Waals surface area (Å²) in [7, 11) is -6.34. The van der Waals surface area contributed by atoms with Crippen molar-refractivity contribution < 1.29 is 31.6 Å². The minimum atomic E-state index is -4.12. The highest BCUT2D eigenvalue weighted by molar-refractivity contribution is 7.89. The molecule has 0 aliphatic carbocycles. The Balaban J connectivity index is 1.98. The smallest absolute Gasteiger partial charge is 0.261 e. The van der Waals surface area contributed by atoms with Crippen molar-refractivity contribution >= 4 is 26.0 Å². The Bertz CT molecular complexity index is 1210. The van der Waals surface area contributed by atoms with Crippen LogP contribution in [0.25, 0.3) is 0 Å². The zero-order chi connectivity index (χ0) is 24.5. The summed E-state index contributed by atoms with van der Waals surface area (Å²) in [5, 5.41) is 8.80. The van der Waals surface area contributed by atoms with E-state index in [0.29, 0.717) is 5.75 Å². The van der Waals surface area contributed by atoms with Gasteiger partial charge in [-0.05, 0) is 44.0 Å². The molecule has 14 heteroatoms. The number of aryl methyl sites for hydroxylation is 1. The Hall–Kier alpha value is -2.96. The monoisotopic (exact) mass is 499 g/mol. The molecule has 0 fully saturated rings. The molecule has 1 amide bonds. The summed E-state index contributed by atoms with van der Waals surface area (Å²) in [6, 6.07) is 4.14. The van der Waals surface area contributed by atoms with Crippen LogP contribution in [0.2, 0.25) is 0 Å². The molecule has 0 spiro atoms. The van der Waals surface area contributed by atoms with E-state index in [1.807, 2.05) is 0 Å². The van der Waals surface area contributed by atoms with E-state index in [9.17, 15) is 21.6 Å². The number of ether oxygens (including phenoxy) is 1. The molecule has 180 valence electrons. The molecule has 0 aliphatic heterocycles. The summed E-state index contributed by atoms with van der Waals surface area (Å²) in [4.78, 5) is 15.6. The van der Waals surface area contributed by atoms with Crippen molar-refractivity contribution in [2.45, 2.75) is 35.7 Å². The quantitative estimate of drug-likeness (QED) is 0.134. The van der Waals surface area contributed by atoms with Crippen LogP contribution in [0.5, 0.6) is 5.75 Å². The van der Waals surface area contributed by atoms with Gasteiger partial charge in [-0.15, -0.1) is 5.92 Å². The maximum absolute atomic E-state index is 12.7. The standard InChI is InChI=1S/C19H25N5O7S2/c1-3-4-12-31-15-7-9-16(10-8-15)32(27,28)23-17(19(25)22-26)6-5-11-21-33(29,30)18-13-24(2)14-20-18/h7-10,13-14,17,21,23,26H,5-6,11-12H2,1-2H3,(H,22,25)/t17-/m1/s1. The molecule has 1 atom stereocenters. The number of carbonyl (C=O) groups is 1. The van der Waals surface area contributed by atoms with Gasteiger partial charge in [0.2, 0.25) is 10.0 Å². The zero-order valence-electron chi connectivity index (χ0n) is 18.0. The van der Waals surface area contributed by atoms with E-state index in [4.69, 9.17) is 9.94 Å². The van der Waals surface area contributed by atoms with Gasteiger partial charge in [0.25, 0.3) is 15.9 Å². The molecular formula is C19H25N5O7S2. The molecule has 4 N–H and O–H groups in total. The molecule has 0 aliphatic rings. The van der Waals surface area contributed by atoms with Crippen LogP contribution >= 0.6 is 0 Å². The normalized spacial score (nSPS) is 12.5. The first-order valence-electron chi connectivity index (χ1n) is 9.65. The van der Waals surface area contributed by atoms with E-state index in [1.165, 1.54) is 46.8 Å². The van der Waals surface area contributed by atoms with Gasteiger partial charge in [0.1, 0.15) is 18.4 Å². The molecule has 2 aromatic rings. The molecular weight excluding hydrogens is 474 g/mol. The first kappa shape index (κ1) is 26.3. The Morgan fingerprint density at radius 1 is 1.21 bits per heavy atom. The molecule has 1 aromatic carbocycles. The van der Waals surface area contributed by atoms with E-state index in [2.05, 4.69) is 26.3 Å². The molecule has 1 aromatic heterocycles. The van der Waals surface area contributed by atoms with Crippen molar-refractivity contribution in [2.75, 3.05) is 13.2 Å². The van der Waals surface area contributed by atoms with Crippen molar-refractivity contribution in [3.63, 3.8) is 0 Å². The molecule has 0 saturated carbocycles. The Labute approximate surface area is 192 Å². The maximum Gasteiger partial charge on any atom is 0.261 e. The van der Waals surface area contributed by atoms with Crippen LogP contribution in [-0.4, -0.2) is 56.7 Å². The molecule has 0 saturated heterocycles. The van der Waals surface area contributed by atoms with E-state index < -0.39 is 32.0 Å². The molecule has 1 heterocycles. The topological polar surface area (TPSA) is 169 Å². The minimum Gasteiger partial charge on any atom is -0.481 e. The number of benzene rings is 1. The van der Waals surface area contributed by atoms with Gasteiger partial charge in [-0.25, -0.2) is 32.0 Å². The summed E-state index contributed by atoms with van der Waals surface area (Å²) >= 11 is 0. The maximum atomic E-state index is 12.7. The minimum absolute atomic E-state index is 0.0808. The van der Waals surface area contributed by atoms with Gasteiger partial charge < -0.3 is 9.30 Å². The van der Waals surface area contributed by atoms with Crippen LogP contribution in [-0.2, 0) is 31.9 Å². The van der Waals surface area contributed by atoms with E-state index >= 15 is 0 Å². The summed E-state index contributed by atoms with van der Waals surface area (Å²) in [6.07, 6.45) is 2.67. The van der Waals surface area contributed by atoms with Gasteiger partial charge in [-0.2, -0.15) is 4.72 Å². The largest absolute Gasteiger partial charge is 0.481 e. The van der Waals surface area contributed by atoms with Crippen LogP contribution in [0.1, 0.15) is 19.8 Å². The molecule has 0 unspecified atom stereocenters. The average molecular weight is 500 g/mol. The third-order valence-electron chi connectivity index (χ3n) is 4.26. The number of sulfonamides is 2. The lowest BCUT2D eigenvalue weighted by atomic mass is 10.1. The molecule has 0 radical (unpaired) electrons. The molecule has 12 nitrogen and oxygen atoms in total. The fourth-order valence-corrected chi connectivity index (χ4v) is 4.88. The van der Waals surface area contributed by atoms with Crippen LogP contribution in [0.4, 0.5) is 0 Å². The van der Waals surface area contributed by atoms with Crippen molar-refractivity contribution in [1.29, 1.82) is 0 Å². The van der Waals surface area contributed by atoms with Gasteiger partial charge in [0, 0.05) is 19.8 Å². The number of hydrogen-bond donors (Lipinski definition) is 4. The Morgan fingerprint density at radius 2 is 1.91 bits per heavy atom. The van der Waals surface area contributed by atoms with Crippen LogP contribution in [0.15, 0.2) is 46.7 Å². The predicted molar refractivity (Wildman–Crippen MR) is 117 cm³/mol. The Kier molecular flexibility index (Phi) is 9.38. The van der Waals surface area contributed by atoms with Gasteiger partial charge in [-0.1, -0.05) is 5.92 Å². The summed E-state index contributed by atoms with van der Waals surface area (Å²) < 4.78 is 61.0. The van der Waals surface area contributed by atoms with Crippen LogP contribution in [0.3, 0.4) is 0 Å². The second-order valence-corrected chi connectivity index (χ2v) is 10.2. The number of hydrogen-bond acceptors (Lipinski definition) is 8. The number of nitrogens with zero attached hydrogens (tertiary/aromatic N) is 2. The number of amides is 1. The van der Waals surface area contributed by atoms with Gasteiger partial charge in [-0.3, -0.25) is 10.0 Å². The number of hydroxylamine groups is 1. The third-order valence-corrected chi connectivity index (χ3v) is 7.10. The molecule has 33 heavy (non-hydrogen) atoms. The van der Waals surface area contributed by atoms with E-state index in [1.54, 1.807) is 14.0 Å². The van der Waals surface area contributed by atoms with Crippen LogP contribution < -0.4 is 19.7 Å². The van der Waals surface area contributed by atoms with Gasteiger partial charge >= 0.3 is 0 Å². The fourth-order valence-electron chi connectivity index (χ4n) is 2.60. The third kappa shape index (κ3) is 7.84. The number of aromatic nitrogens is 2. The number of nitrogens with one attached hydrogen (secondary N) is 3. The Morgan fingerprint density at radius 3 is 2.48 bits per heavy atom. The van der Waals surface area contributed by atoms with Gasteiger partial charge in [0.05, 0.1) is 11.2 Å².